The number of hydrogen-bond donors (Lipinski definition) is 3. The topological polar surface area (TPSA) is 50.1 Å². The van der Waals surface area contributed by atoms with Crippen LogP contribution in [0.2, 0.25) is 5.02 Å². The molecule has 0 aliphatic heterocycles. The van der Waals surface area contributed by atoms with E-state index in [1.54, 1.807) is 0 Å². The van der Waals surface area contributed by atoms with Crippen molar-refractivity contribution in [2.24, 2.45) is 5.73 Å². The van der Waals surface area contributed by atoms with E-state index < -0.39 is 0 Å². The lowest BCUT2D eigenvalue weighted by Crippen LogP contribution is -2.30. The van der Waals surface area contributed by atoms with Gasteiger partial charge in [-0.1, -0.05) is 70.0 Å². The van der Waals surface area contributed by atoms with Crippen molar-refractivity contribution in [3.05, 3.63) is 68.7 Å². The molecule has 0 unspecified atom stereocenters. The molecule has 0 heterocycles. The van der Waals surface area contributed by atoms with Gasteiger partial charge in [0.1, 0.15) is 0 Å². The van der Waals surface area contributed by atoms with Crippen LogP contribution in [0.4, 0.5) is 0 Å². The van der Waals surface area contributed by atoms with Crippen LogP contribution in [0.5, 0.6) is 0 Å². The van der Waals surface area contributed by atoms with Gasteiger partial charge >= 0.3 is 0 Å². The smallest absolute Gasteiger partial charge is 0.0417 e. The molecule has 128 valence electrons. The number of rotatable bonds is 9. The molecule has 0 aromatic heterocycles. The first-order chi connectivity index (χ1) is 11.7. The van der Waals surface area contributed by atoms with Crippen LogP contribution >= 0.6 is 27.5 Å². The van der Waals surface area contributed by atoms with Crippen molar-refractivity contribution in [1.82, 2.24) is 10.6 Å². The SMILES string of the molecule is NCCNCCNCc1cccc(/C=C/c2ccc(Cl)cc2Br)c1. The Hall–Kier alpha value is -1.17. The molecule has 3 nitrogen and oxygen atoms in total. The Kier molecular flexibility index (Phi) is 8.50. The first-order valence-corrected chi connectivity index (χ1v) is 9.20. The molecule has 2 aromatic rings. The number of nitrogens with one attached hydrogen (secondary N) is 2. The molecule has 0 saturated heterocycles. The number of hydrogen-bond acceptors (Lipinski definition) is 3. The minimum Gasteiger partial charge on any atom is -0.329 e. The second kappa shape index (κ2) is 10.6. The summed E-state index contributed by atoms with van der Waals surface area (Å²) in [6.07, 6.45) is 4.20. The van der Waals surface area contributed by atoms with Gasteiger partial charge in [-0.3, -0.25) is 0 Å². The quantitative estimate of drug-likeness (QED) is 0.435. The maximum atomic E-state index is 5.97. The van der Waals surface area contributed by atoms with Crippen molar-refractivity contribution in [2.45, 2.75) is 6.54 Å². The van der Waals surface area contributed by atoms with Crippen LogP contribution in [0, 0.1) is 0 Å². The van der Waals surface area contributed by atoms with Crippen LogP contribution in [0.1, 0.15) is 16.7 Å². The molecule has 0 bridgehead atoms. The first-order valence-electron chi connectivity index (χ1n) is 8.02. The maximum Gasteiger partial charge on any atom is 0.0417 e. The van der Waals surface area contributed by atoms with Gasteiger partial charge in [-0.25, -0.2) is 0 Å². The van der Waals surface area contributed by atoms with Gasteiger partial charge in [0, 0.05) is 42.2 Å². The summed E-state index contributed by atoms with van der Waals surface area (Å²) in [5.41, 5.74) is 8.99. The van der Waals surface area contributed by atoms with Gasteiger partial charge in [-0.15, -0.1) is 0 Å². The number of halogens is 2. The second-order valence-electron chi connectivity index (χ2n) is 5.46. The predicted octanol–water partition coefficient (Wildman–Crippen LogP) is 3.91. The molecule has 0 radical (unpaired) electrons. The van der Waals surface area contributed by atoms with Gasteiger partial charge in [0.2, 0.25) is 0 Å². The predicted molar refractivity (Wildman–Crippen MR) is 108 cm³/mol. The maximum absolute atomic E-state index is 5.97. The van der Waals surface area contributed by atoms with E-state index in [1.165, 1.54) is 11.1 Å². The lowest BCUT2D eigenvalue weighted by Gasteiger charge is -2.07. The van der Waals surface area contributed by atoms with E-state index in [-0.39, 0.29) is 0 Å². The molecule has 0 fully saturated rings. The normalized spacial score (nSPS) is 11.3. The lowest BCUT2D eigenvalue weighted by atomic mass is 10.1. The van der Waals surface area contributed by atoms with Crippen molar-refractivity contribution in [1.29, 1.82) is 0 Å². The second-order valence-corrected chi connectivity index (χ2v) is 6.75. The van der Waals surface area contributed by atoms with Gasteiger partial charge in [0.25, 0.3) is 0 Å². The Morgan fingerprint density at radius 3 is 2.62 bits per heavy atom. The van der Waals surface area contributed by atoms with Crippen LogP contribution < -0.4 is 16.4 Å². The summed E-state index contributed by atoms with van der Waals surface area (Å²) in [6, 6.07) is 14.3. The summed E-state index contributed by atoms with van der Waals surface area (Å²) in [7, 11) is 0. The van der Waals surface area contributed by atoms with Gasteiger partial charge in [0.15, 0.2) is 0 Å². The molecule has 0 saturated carbocycles. The number of benzene rings is 2. The molecule has 0 atom stereocenters. The molecule has 2 aromatic carbocycles. The molecule has 24 heavy (non-hydrogen) atoms. The summed E-state index contributed by atoms with van der Waals surface area (Å²) in [6.45, 7) is 4.26. The van der Waals surface area contributed by atoms with Crippen molar-refractivity contribution in [2.75, 3.05) is 26.2 Å². The third-order valence-electron chi connectivity index (χ3n) is 3.50. The molecule has 4 N–H and O–H groups in total. The Balaban J connectivity index is 1.89. The summed E-state index contributed by atoms with van der Waals surface area (Å²) in [5, 5.41) is 7.42. The van der Waals surface area contributed by atoms with Gasteiger partial charge < -0.3 is 16.4 Å². The van der Waals surface area contributed by atoms with Gasteiger partial charge in [-0.05, 0) is 28.8 Å². The average Bonchev–Trinajstić information content (AvgIpc) is 2.58. The monoisotopic (exact) mass is 407 g/mol. The average molecular weight is 409 g/mol. The molecular weight excluding hydrogens is 386 g/mol. The minimum atomic E-state index is 0.679. The highest BCUT2D eigenvalue weighted by Crippen LogP contribution is 2.23. The van der Waals surface area contributed by atoms with Crippen molar-refractivity contribution >= 4 is 39.7 Å². The van der Waals surface area contributed by atoms with Crippen LogP contribution in [-0.4, -0.2) is 26.2 Å². The van der Waals surface area contributed by atoms with Crippen molar-refractivity contribution in [3.8, 4) is 0 Å². The standard InChI is InChI=1S/C19H23BrClN3/c20-19-13-18(21)7-6-17(19)5-4-15-2-1-3-16(12-15)14-24-11-10-23-9-8-22/h1-7,12-13,23-24H,8-11,14,22H2/b5-4+. The third-order valence-corrected chi connectivity index (χ3v) is 4.42. The van der Waals surface area contributed by atoms with E-state index >= 15 is 0 Å². The van der Waals surface area contributed by atoms with Crippen LogP contribution in [0.15, 0.2) is 46.9 Å². The van der Waals surface area contributed by atoms with E-state index in [9.17, 15) is 0 Å². The summed E-state index contributed by atoms with van der Waals surface area (Å²) >= 11 is 9.51. The molecule has 0 aliphatic rings. The largest absolute Gasteiger partial charge is 0.329 e. The summed E-state index contributed by atoms with van der Waals surface area (Å²) in [5.74, 6) is 0. The van der Waals surface area contributed by atoms with Crippen LogP contribution in [-0.2, 0) is 6.54 Å². The highest BCUT2D eigenvalue weighted by atomic mass is 79.9. The zero-order valence-corrected chi connectivity index (χ0v) is 15.9. The van der Waals surface area contributed by atoms with Gasteiger partial charge in [-0.2, -0.15) is 0 Å². The molecule has 0 spiro atoms. The van der Waals surface area contributed by atoms with Gasteiger partial charge in [0.05, 0.1) is 0 Å². The van der Waals surface area contributed by atoms with E-state index in [0.29, 0.717) is 6.54 Å². The van der Waals surface area contributed by atoms with E-state index in [2.05, 4.69) is 63.0 Å². The molecular formula is C19H23BrClN3. The Bertz CT molecular complexity index is 673. The highest BCUT2D eigenvalue weighted by Gasteiger charge is 1.98. The Morgan fingerprint density at radius 1 is 1.00 bits per heavy atom. The molecule has 0 amide bonds. The zero-order chi connectivity index (χ0) is 17.2. The van der Waals surface area contributed by atoms with Crippen LogP contribution in [0.3, 0.4) is 0 Å². The third kappa shape index (κ3) is 6.75. The fraction of sp³-hybridized carbons (Fsp3) is 0.263. The fourth-order valence-corrected chi connectivity index (χ4v) is 3.08. The van der Waals surface area contributed by atoms with E-state index in [0.717, 1.165) is 41.2 Å². The lowest BCUT2D eigenvalue weighted by molar-refractivity contribution is 0.615. The molecule has 2 rings (SSSR count). The molecule has 5 heteroatoms. The van der Waals surface area contributed by atoms with E-state index in [1.807, 2.05) is 18.2 Å². The zero-order valence-electron chi connectivity index (χ0n) is 13.6. The van der Waals surface area contributed by atoms with Crippen molar-refractivity contribution < 1.29 is 0 Å². The fourth-order valence-electron chi connectivity index (χ4n) is 2.27. The molecule has 0 aliphatic carbocycles. The Morgan fingerprint density at radius 2 is 1.83 bits per heavy atom. The van der Waals surface area contributed by atoms with Crippen LogP contribution in [0.25, 0.3) is 12.2 Å². The van der Waals surface area contributed by atoms with E-state index in [4.69, 9.17) is 17.3 Å². The highest BCUT2D eigenvalue weighted by molar-refractivity contribution is 9.10. The van der Waals surface area contributed by atoms with Crippen molar-refractivity contribution in [3.63, 3.8) is 0 Å². The summed E-state index contributed by atoms with van der Waals surface area (Å²) < 4.78 is 0.994. The number of nitrogens with two attached hydrogens (primary N) is 1. The minimum absolute atomic E-state index is 0.679. The first kappa shape index (κ1) is 19.2. The summed E-state index contributed by atoms with van der Waals surface area (Å²) in [4.78, 5) is 0. The Labute approximate surface area is 157 Å².